The summed E-state index contributed by atoms with van der Waals surface area (Å²) in [5, 5.41) is 0.555. The van der Waals surface area contributed by atoms with Crippen LogP contribution in [0.3, 0.4) is 0 Å². The second kappa shape index (κ2) is 8.62. The van der Waals surface area contributed by atoms with Gasteiger partial charge in [0.25, 0.3) is 11.5 Å². The molecule has 0 aliphatic carbocycles. The van der Waals surface area contributed by atoms with E-state index in [0.717, 1.165) is 10.1 Å². The van der Waals surface area contributed by atoms with Crippen molar-refractivity contribution >= 4 is 28.4 Å². The third-order valence-corrected chi connectivity index (χ3v) is 5.44. The van der Waals surface area contributed by atoms with Gasteiger partial charge in [0.2, 0.25) is 0 Å². The van der Waals surface area contributed by atoms with Crippen LogP contribution < -0.4 is 11.2 Å². The Balaban J connectivity index is 1.77. The average Bonchev–Trinajstić information content (AvgIpc) is 2.79. The molecule has 7 heteroatoms. The highest BCUT2D eigenvalue weighted by Gasteiger charge is 2.18. The molecule has 0 aliphatic heterocycles. The first-order valence-electron chi connectivity index (χ1n) is 9.86. The first kappa shape index (κ1) is 20.6. The van der Waals surface area contributed by atoms with Gasteiger partial charge in [-0.05, 0) is 42.8 Å². The van der Waals surface area contributed by atoms with Gasteiger partial charge in [-0.1, -0.05) is 54.1 Å². The Morgan fingerprint density at radius 3 is 2.45 bits per heavy atom. The summed E-state index contributed by atoms with van der Waals surface area (Å²) in [7, 11) is 0. The topological polar surface area (TPSA) is 75.2 Å². The van der Waals surface area contributed by atoms with Crippen LogP contribution >= 0.6 is 11.6 Å². The highest BCUT2D eigenvalue weighted by molar-refractivity contribution is 6.32. The molecule has 4 rings (SSSR count). The van der Waals surface area contributed by atoms with Crippen molar-refractivity contribution in [2.45, 2.75) is 13.5 Å². The summed E-state index contributed by atoms with van der Waals surface area (Å²) >= 11 is 6.34. The molecule has 31 heavy (non-hydrogen) atoms. The molecular formula is C24H20ClN3O3. The van der Waals surface area contributed by atoms with Gasteiger partial charge in [0, 0.05) is 18.7 Å². The second-order valence-electron chi connectivity index (χ2n) is 7.09. The number of benzene rings is 3. The lowest BCUT2D eigenvalue weighted by Crippen LogP contribution is -2.34. The van der Waals surface area contributed by atoms with Crippen LogP contribution in [0.25, 0.3) is 16.6 Å². The number of H-pyrrole nitrogens is 1. The molecule has 0 radical (unpaired) electrons. The van der Waals surface area contributed by atoms with E-state index in [4.69, 9.17) is 11.6 Å². The van der Waals surface area contributed by atoms with Gasteiger partial charge in [0.1, 0.15) is 0 Å². The van der Waals surface area contributed by atoms with Gasteiger partial charge < -0.3 is 9.88 Å². The van der Waals surface area contributed by atoms with Crippen LogP contribution in [0.4, 0.5) is 0 Å². The summed E-state index contributed by atoms with van der Waals surface area (Å²) < 4.78 is 0.967. The molecule has 0 saturated carbocycles. The predicted octanol–water partition coefficient (Wildman–Crippen LogP) is 3.99. The summed E-state index contributed by atoms with van der Waals surface area (Å²) in [5.41, 5.74) is 0.845. The quantitative estimate of drug-likeness (QED) is 0.517. The molecule has 0 unspecified atom stereocenters. The van der Waals surface area contributed by atoms with E-state index in [1.165, 1.54) is 12.1 Å². The van der Waals surface area contributed by atoms with Gasteiger partial charge in [0.15, 0.2) is 0 Å². The number of aromatic amines is 1. The first-order valence-corrected chi connectivity index (χ1v) is 10.2. The molecule has 1 aromatic heterocycles. The van der Waals surface area contributed by atoms with Gasteiger partial charge in [0.05, 0.1) is 21.6 Å². The van der Waals surface area contributed by atoms with Crippen LogP contribution in [-0.4, -0.2) is 26.9 Å². The Bertz CT molecular complexity index is 1380. The van der Waals surface area contributed by atoms with Gasteiger partial charge in [-0.25, -0.2) is 9.36 Å². The van der Waals surface area contributed by atoms with Crippen LogP contribution in [0.5, 0.6) is 0 Å². The largest absolute Gasteiger partial charge is 0.335 e. The first-order chi connectivity index (χ1) is 15.0. The maximum atomic E-state index is 13.2. The fraction of sp³-hybridized carbons (Fsp3) is 0.125. The van der Waals surface area contributed by atoms with E-state index in [0.29, 0.717) is 29.6 Å². The van der Waals surface area contributed by atoms with Gasteiger partial charge in [-0.3, -0.25) is 9.59 Å². The minimum Gasteiger partial charge on any atom is -0.335 e. The Kier molecular flexibility index (Phi) is 5.73. The molecule has 0 saturated heterocycles. The summed E-state index contributed by atoms with van der Waals surface area (Å²) in [6, 6.07) is 21.0. The Hall–Kier alpha value is -3.64. The highest BCUT2D eigenvalue weighted by atomic mass is 35.5. The summed E-state index contributed by atoms with van der Waals surface area (Å²) in [4.78, 5) is 43.2. The molecule has 156 valence electrons. The number of aromatic nitrogens is 2. The van der Waals surface area contributed by atoms with Gasteiger partial charge in [-0.15, -0.1) is 0 Å². The standard InChI is InChI=1S/C24H20ClN3O3/c1-2-27(15-16-8-4-3-5-9-16)22(29)17-12-13-19(25)21(14-17)28-23(30)18-10-6-7-11-20(18)26-24(28)31/h3-14H,2,15H2,1H3,(H,26,31). The SMILES string of the molecule is CCN(Cc1ccccc1)C(=O)c1ccc(Cl)c(-n2c(=O)[nH]c3ccccc3c2=O)c1. The van der Waals surface area contributed by atoms with Crippen molar-refractivity contribution in [3.05, 3.63) is 110 Å². The van der Waals surface area contributed by atoms with Crippen molar-refractivity contribution in [2.75, 3.05) is 6.54 Å². The minimum absolute atomic E-state index is 0.167. The molecule has 1 amide bonds. The van der Waals surface area contributed by atoms with E-state index in [2.05, 4.69) is 4.98 Å². The van der Waals surface area contributed by atoms with Crippen molar-refractivity contribution in [2.24, 2.45) is 0 Å². The fourth-order valence-corrected chi connectivity index (χ4v) is 3.71. The third kappa shape index (κ3) is 4.02. The number of hydrogen-bond donors (Lipinski definition) is 1. The average molecular weight is 434 g/mol. The maximum Gasteiger partial charge on any atom is 0.333 e. The van der Waals surface area contributed by atoms with Crippen molar-refractivity contribution in [1.82, 2.24) is 14.5 Å². The van der Waals surface area contributed by atoms with Crippen LogP contribution in [0.1, 0.15) is 22.8 Å². The van der Waals surface area contributed by atoms with Crippen molar-refractivity contribution in [3.63, 3.8) is 0 Å². The van der Waals surface area contributed by atoms with Crippen molar-refractivity contribution in [1.29, 1.82) is 0 Å². The molecule has 3 aromatic carbocycles. The number of fused-ring (bicyclic) bond motifs is 1. The van der Waals surface area contributed by atoms with E-state index in [1.54, 1.807) is 35.2 Å². The third-order valence-electron chi connectivity index (χ3n) is 5.12. The Labute approximate surface area is 183 Å². The number of carbonyl (C=O) groups excluding carboxylic acids is 1. The minimum atomic E-state index is -0.619. The number of nitrogens with one attached hydrogen (secondary N) is 1. The number of para-hydroxylation sites is 1. The van der Waals surface area contributed by atoms with Gasteiger partial charge in [-0.2, -0.15) is 0 Å². The number of rotatable bonds is 5. The van der Waals surface area contributed by atoms with Crippen LogP contribution in [-0.2, 0) is 6.54 Å². The van der Waals surface area contributed by atoms with Crippen LogP contribution in [0, 0.1) is 0 Å². The Morgan fingerprint density at radius 2 is 1.71 bits per heavy atom. The number of amides is 1. The van der Waals surface area contributed by atoms with E-state index in [1.807, 2.05) is 37.3 Å². The number of hydrogen-bond acceptors (Lipinski definition) is 3. The number of halogens is 1. The zero-order valence-electron chi connectivity index (χ0n) is 16.8. The summed E-state index contributed by atoms with van der Waals surface area (Å²) in [6.07, 6.45) is 0. The maximum absolute atomic E-state index is 13.2. The lowest BCUT2D eigenvalue weighted by molar-refractivity contribution is 0.0752. The molecule has 0 aliphatic rings. The van der Waals surface area contributed by atoms with E-state index >= 15 is 0 Å². The van der Waals surface area contributed by atoms with Crippen molar-refractivity contribution in [3.8, 4) is 5.69 Å². The van der Waals surface area contributed by atoms with E-state index in [9.17, 15) is 14.4 Å². The molecule has 0 fully saturated rings. The molecule has 1 N–H and O–H groups in total. The van der Waals surface area contributed by atoms with Crippen LogP contribution in [0.15, 0.2) is 82.4 Å². The van der Waals surface area contributed by atoms with Crippen molar-refractivity contribution < 1.29 is 4.79 Å². The second-order valence-corrected chi connectivity index (χ2v) is 7.49. The molecule has 6 nitrogen and oxygen atoms in total. The highest BCUT2D eigenvalue weighted by Crippen LogP contribution is 2.22. The van der Waals surface area contributed by atoms with E-state index < -0.39 is 11.2 Å². The molecule has 0 spiro atoms. The molecular weight excluding hydrogens is 414 g/mol. The normalized spacial score (nSPS) is 10.9. The number of carbonyl (C=O) groups is 1. The summed E-state index contributed by atoms with van der Waals surface area (Å²) in [5.74, 6) is -0.213. The zero-order chi connectivity index (χ0) is 22.0. The summed E-state index contributed by atoms with van der Waals surface area (Å²) in [6.45, 7) is 2.85. The van der Waals surface area contributed by atoms with E-state index in [-0.39, 0.29) is 16.6 Å². The smallest absolute Gasteiger partial charge is 0.333 e. The molecule has 4 aromatic rings. The number of nitrogens with zero attached hydrogens (tertiary/aromatic N) is 2. The molecule has 0 bridgehead atoms. The van der Waals surface area contributed by atoms with Crippen LogP contribution in [0.2, 0.25) is 5.02 Å². The fourth-order valence-electron chi connectivity index (χ4n) is 3.51. The van der Waals surface area contributed by atoms with Gasteiger partial charge >= 0.3 is 5.69 Å². The monoisotopic (exact) mass is 433 g/mol. The zero-order valence-corrected chi connectivity index (χ0v) is 17.6. The molecule has 0 atom stereocenters. The Morgan fingerprint density at radius 1 is 1.00 bits per heavy atom. The predicted molar refractivity (Wildman–Crippen MR) is 122 cm³/mol. The lowest BCUT2D eigenvalue weighted by Gasteiger charge is -2.21. The lowest BCUT2D eigenvalue weighted by atomic mass is 10.1. The molecule has 1 heterocycles.